The number of H-pyrrole nitrogens is 1. The minimum atomic E-state index is -0.529. The van der Waals surface area contributed by atoms with Gasteiger partial charge in [0.1, 0.15) is 0 Å². The molecule has 0 saturated heterocycles. The molecule has 0 aliphatic carbocycles. The van der Waals surface area contributed by atoms with Crippen molar-refractivity contribution >= 4 is 28.7 Å². The van der Waals surface area contributed by atoms with Gasteiger partial charge in [0, 0.05) is 5.69 Å². The Kier molecular flexibility index (Phi) is 4.65. The zero-order chi connectivity index (χ0) is 17.8. The summed E-state index contributed by atoms with van der Waals surface area (Å²) in [5.41, 5.74) is 2.74. The van der Waals surface area contributed by atoms with Crippen molar-refractivity contribution in [2.45, 2.75) is 13.3 Å². The van der Waals surface area contributed by atoms with Crippen molar-refractivity contribution in [2.75, 3.05) is 11.9 Å². The molecular formula is C18H16N2O5. The molecule has 0 aliphatic heterocycles. The fourth-order valence-corrected chi connectivity index (χ4v) is 2.40. The SMILES string of the molecule is CCOC(=O)c1ccc(NC(=O)Cc2ccc3oc(=O)[nH]c3c2)cc1. The topological polar surface area (TPSA) is 101 Å². The minimum absolute atomic E-state index is 0.142. The van der Waals surface area contributed by atoms with Crippen LogP contribution in [0, 0.1) is 0 Å². The van der Waals surface area contributed by atoms with Crippen LogP contribution in [-0.4, -0.2) is 23.5 Å². The fraction of sp³-hybridized carbons (Fsp3) is 0.167. The molecule has 0 unspecified atom stereocenters. The van der Waals surface area contributed by atoms with Crippen LogP contribution in [0.1, 0.15) is 22.8 Å². The fourth-order valence-electron chi connectivity index (χ4n) is 2.40. The summed E-state index contributed by atoms with van der Waals surface area (Å²) in [6.45, 7) is 2.05. The van der Waals surface area contributed by atoms with E-state index >= 15 is 0 Å². The highest BCUT2D eigenvalue weighted by molar-refractivity contribution is 5.94. The Morgan fingerprint density at radius 3 is 2.64 bits per heavy atom. The molecule has 0 fully saturated rings. The number of hydrogen-bond donors (Lipinski definition) is 2. The van der Waals surface area contributed by atoms with Crippen molar-refractivity contribution in [1.29, 1.82) is 0 Å². The van der Waals surface area contributed by atoms with Gasteiger partial charge in [0.15, 0.2) is 5.58 Å². The molecule has 0 atom stereocenters. The molecule has 128 valence electrons. The molecule has 7 nitrogen and oxygen atoms in total. The highest BCUT2D eigenvalue weighted by atomic mass is 16.5. The third kappa shape index (κ3) is 3.95. The summed E-state index contributed by atoms with van der Waals surface area (Å²) in [5.74, 6) is -1.14. The molecule has 1 amide bonds. The van der Waals surface area contributed by atoms with E-state index in [0.29, 0.717) is 29.0 Å². The number of ether oxygens (including phenoxy) is 1. The number of carbonyl (C=O) groups excluding carboxylic acids is 2. The van der Waals surface area contributed by atoms with Crippen molar-refractivity contribution in [3.63, 3.8) is 0 Å². The Balaban J connectivity index is 1.65. The average Bonchev–Trinajstić information content (AvgIpc) is 2.95. The summed E-state index contributed by atoms with van der Waals surface area (Å²) in [7, 11) is 0. The first kappa shape index (κ1) is 16.5. The van der Waals surface area contributed by atoms with E-state index in [0.717, 1.165) is 5.56 Å². The average molecular weight is 340 g/mol. The summed E-state index contributed by atoms with van der Waals surface area (Å²) in [6, 6.07) is 11.5. The quantitative estimate of drug-likeness (QED) is 0.695. The van der Waals surface area contributed by atoms with Crippen LogP contribution >= 0.6 is 0 Å². The van der Waals surface area contributed by atoms with Gasteiger partial charge in [-0.2, -0.15) is 0 Å². The molecule has 25 heavy (non-hydrogen) atoms. The summed E-state index contributed by atoms with van der Waals surface area (Å²) in [5, 5.41) is 2.76. The summed E-state index contributed by atoms with van der Waals surface area (Å²) in [6.07, 6.45) is 0.142. The third-order valence-electron chi connectivity index (χ3n) is 3.53. The molecule has 0 aliphatic rings. The van der Waals surface area contributed by atoms with Gasteiger partial charge < -0.3 is 14.5 Å². The van der Waals surface area contributed by atoms with E-state index in [1.165, 1.54) is 0 Å². The molecule has 0 bridgehead atoms. The van der Waals surface area contributed by atoms with Crippen LogP contribution < -0.4 is 11.1 Å². The van der Waals surface area contributed by atoms with Gasteiger partial charge in [0.25, 0.3) is 0 Å². The van der Waals surface area contributed by atoms with Crippen molar-refractivity contribution < 1.29 is 18.7 Å². The molecule has 2 N–H and O–H groups in total. The number of fused-ring (bicyclic) bond motifs is 1. The van der Waals surface area contributed by atoms with Crippen LogP contribution in [0.4, 0.5) is 5.69 Å². The van der Waals surface area contributed by atoms with Crippen LogP contribution in [0.2, 0.25) is 0 Å². The molecule has 3 rings (SSSR count). The standard InChI is InChI=1S/C18H16N2O5/c1-2-24-17(22)12-4-6-13(7-5-12)19-16(21)10-11-3-8-15-14(9-11)20-18(23)25-15/h3-9H,2,10H2,1H3,(H,19,21)(H,20,23). The monoisotopic (exact) mass is 340 g/mol. The van der Waals surface area contributed by atoms with E-state index in [2.05, 4.69) is 10.3 Å². The number of rotatable bonds is 5. The maximum Gasteiger partial charge on any atom is 0.417 e. The van der Waals surface area contributed by atoms with Gasteiger partial charge in [-0.05, 0) is 48.9 Å². The lowest BCUT2D eigenvalue weighted by Gasteiger charge is -2.07. The molecule has 1 heterocycles. The highest BCUT2D eigenvalue weighted by Gasteiger charge is 2.09. The van der Waals surface area contributed by atoms with Crippen molar-refractivity contribution in [1.82, 2.24) is 4.98 Å². The van der Waals surface area contributed by atoms with Gasteiger partial charge in [0.2, 0.25) is 5.91 Å². The lowest BCUT2D eigenvalue weighted by molar-refractivity contribution is -0.115. The number of amides is 1. The van der Waals surface area contributed by atoms with Crippen LogP contribution in [0.25, 0.3) is 11.1 Å². The molecule has 2 aromatic carbocycles. The zero-order valence-corrected chi connectivity index (χ0v) is 13.5. The Morgan fingerprint density at radius 2 is 1.92 bits per heavy atom. The van der Waals surface area contributed by atoms with E-state index < -0.39 is 11.7 Å². The molecule has 0 spiro atoms. The van der Waals surface area contributed by atoms with Crippen molar-refractivity contribution in [3.05, 3.63) is 64.1 Å². The van der Waals surface area contributed by atoms with Crippen LogP contribution in [-0.2, 0) is 16.0 Å². The first-order chi connectivity index (χ1) is 12.0. The molecule has 3 aromatic rings. The number of aromatic nitrogens is 1. The van der Waals surface area contributed by atoms with Gasteiger partial charge in [0.05, 0.1) is 24.1 Å². The minimum Gasteiger partial charge on any atom is -0.462 e. The number of hydrogen-bond acceptors (Lipinski definition) is 5. The molecular weight excluding hydrogens is 324 g/mol. The second-order valence-corrected chi connectivity index (χ2v) is 5.37. The van der Waals surface area contributed by atoms with Gasteiger partial charge in [-0.25, -0.2) is 9.59 Å². The Bertz CT molecular complexity index is 969. The van der Waals surface area contributed by atoms with Crippen LogP contribution in [0.3, 0.4) is 0 Å². The van der Waals surface area contributed by atoms with E-state index in [9.17, 15) is 14.4 Å². The van der Waals surface area contributed by atoms with E-state index in [4.69, 9.17) is 9.15 Å². The highest BCUT2D eigenvalue weighted by Crippen LogP contribution is 2.14. The maximum absolute atomic E-state index is 12.1. The van der Waals surface area contributed by atoms with Gasteiger partial charge >= 0.3 is 11.7 Å². The van der Waals surface area contributed by atoms with Crippen molar-refractivity contribution in [2.24, 2.45) is 0 Å². The van der Waals surface area contributed by atoms with E-state index in [-0.39, 0.29) is 12.3 Å². The lowest BCUT2D eigenvalue weighted by atomic mass is 10.1. The number of esters is 1. The largest absolute Gasteiger partial charge is 0.462 e. The number of anilines is 1. The number of carbonyl (C=O) groups is 2. The Hall–Kier alpha value is -3.35. The summed E-state index contributed by atoms with van der Waals surface area (Å²) < 4.78 is 9.83. The van der Waals surface area contributed by atoms with E-state index in [1.54, 1.807) is 49.4 Å². The maximum atomic E-state index is 12.1. The lowest BCUT2D eigenvalue weighted by Crippen LogP contribution is -2.14. The predicted octanol–water partition coefficient (Wildman–Crippen LogP) is 2.48. The predicted molar refractivity (Wildman–Crippen MR) is 91.6 cm³/mol. The Labute approximate surface area is 142 Å². The van der Waals surface area contributed by atoms with Gasteiger partial charge in [-0.3, -0.25) is 9.78 Å². The van der Waals surface area contributed by atoms with E-state index in [1.807, 2.05) is 0 Å². The summed E-state index contributed by atoms with van der Waals surface area (Å²) >= 11 is 0. The number of aromatic amines is 1. The summed E-state index contributed by atoms with van der Waals surface area (Å²) in [4.78, 5) is 37.4. The van der Waals surface area contributed by atoms with Gasteiger partial charge in [-0.1, -0.05) is 6.07 Å². The second kappa shape index (κ2) is 7.04. The number of nitrogens with one attached hydrogen (secondary N) is 2. The Morgan fingerprint density at radius 1 is 1.16 bits per heavy atom. The second-order valence-electron chi connectivity index (χ2n) is 5.37. The normalized spacial score (nSPS) is 10.6. The third-order valence-corrected chi connectivity index (χ3v) is 3.53. The molecule has 0 radical (unpaired) electrons. The number of oxazole rings is 1. The molecule has 1 aromatic heterocycles. The molecule has 0 saturated carbocycles. The van der Waals surface area contributed by atoms with Gasteiger partial charge in [-0.15, -0.1) is 0 Å². The van der Waals surface area contributed by atoms with Crippen LogP contribution in [0.15, 0.2) is 51.7 Å². The zero-order valence-electron chi connectivity index (χ0n) is 13.5. The van der Waals surface area contributed by atoms with Crippen LogP contribution in [0.5, 0.6) is 0 Å². The number of benzene rings is 2. The van der Waals surface area contributed by atoms with Crippen molar-refractivity contribution in [3.8, 4) is 0 Å². The first-order valence-corrected chi connectivity index (χ1v) is 7.74. The smallest absolute Gasteiger partial charge is 0.417 e. The molecule has 7 heteroatoms. The first-order valence-electron chi connectivity index (χ1n) is 7.74.